The average Bonchev–Trinajstić information content (AvgIpc) is 2.50. The molecule has 1 aromatic carbocycles. The number of benzene rings is 1. The molecule has 25 heavy (non-hydrogen) atoms. The third-order valence-electron chi connectivity index (χ3n) is 3.74. The molecule has 142 valence electrons. The second-order valence-electron chi connectivity index (χ2n) is 6.01. The molecule has 0 aliphatic carbocycles. The van der Waals surface area contributed by atoms with Crippen LogP contribution in [-0.4, -0.2) is 50.4 Å². The zero-order valence-electron chi connectivity index (χ0n) is 14.9. The van der Waals surface area contributed by atoms with Crippen LogP contribution in [0.15, 0.2) is 12.1 Å². The summed E-state index contributed by atoms with van der Waals surface area (Å²) in [6.45, 7) is 2.61. The summed E-state index contributed by atoms with van der Waals surface area (Å²) in [6.07, 6.45) is -4.55. The maximum atomic E-state index is 12.3. The zero-order valence-corrected chi connectivity index (χ0v) is 14.9. The highest BCUT2D eigenvalue weighted by atomic mass is 19.4. The highest BCUT2D eigenvalue weighted by molar-refractivity contribution is 5.76. The standard InChI is InChI=1S/C17H25F3N2O3/c1-11-5-13(6-12(2)16(11)25-10-17(18,19)20)9-22(3)15(23)7-14(8-21)24-4/h5-6,14H,7-10,21H2,1-4H3. The summed E-state index contributed by atoms with van der Waals surface area (Å²) in [5.41, 5.74) is 7.51. The predicted molar refractivity (Wildman–Crippen MR) is 88.4 cm³/mol. The van der Waals surface area contributed by atoms with Crippen LogP contribution < -0.4 is 10.5 Å². The van der Waals surface area contributed by atoms with Gasteiger partial charge in [0.2, 0.25) is 5.91 Å². The number of carbonyl (C=O) groups excluding carboxylic acids is 1. The lowest BCUT2D eigenvalue weighted by Gasteiger charge is -2.21. The van der Waals surface area contributed by atoms with Crippen molar-refractivity contribution in [1.82, 2.24) is 4.90 Å². The molecule has 5 nitrogen and oxygen atoms in total. The first-order valence-electron chi connectivity index (χ1n) is 7.83. The van der Waals surface area contributed by atoms with E-state index in [4.69, 9.17) is 15.2 Å². The number of hydrogen-bond acceptors (Lipinski definition) is 4. The molecule has 0 saturated carbocycles. The Bertz CT molecular complexity index is 564. The van der Waals surface area contributed by atoms with Crippen molar-refractivity contribution in [3.8, 4) is 5.75 Å². The average molecular weight is 362 g/mol. The molecule has 0 saturated heterocycles. The van der Waals surface area contributed by atoms with Crippen LogP contribution in [0.3, 0.4) is 0 Å². The summed E-state index contributed by atoms with van der Waals surface area (Å²) in [5, 5.41) is 0. The van der Waals surface area contributed by atoms with Gasteiger partial charge in [0.25, 0.3) is 0 Å². The molecule has 1 atom stereocenters. The molecule has 1 unspecified atom stereocenters. The lowest BCUT2D eigenvalue weighted by Crippen LogP contribution is -2.33. The lowest BCUT2D eigenvalue weighted by atomic mass is 10.0. The van der Waals surface area contributed by atoms with Gasteiger partial charge in [-0.2, -0.15) is 13.2 Å². The van der Waals surface area contributed by atoms with E-state index in [1.807, 2.05) is 0 Å². The van der Waals surface area contributed by atoms with Gasteiger partial charge in [0.05, 0.1) is 12.5 Å². The molecule has 1 rings (SSSR count). The van der Waals surface area contributed by atoms with E-state index in [-0.39, 0.29) is 30.7 Å². The van der Waals surface area contributed by atoms with Gasteiger partial charge in [-0.05, 0) is 30.5 Å². The third-order valence-corrected chi connectivity index (χ3v) is 3.74. The van der Waals surface area contributed by atoms with Crippen molar-refractivity contribution in [3.05, 3.63) is 28.8 Å². The first kappa shape index (κ1) is 21.2. The van der Waals surface area contributed by atoms with Crippen molar-refractivity contribution in [2.75, 3.05) is 27.3 Å². The molecule has 0 radical (unpaired) electrons. The van der Waals surface area contributed by atoms with Crippen LogP contribution in [0.25, 0.3) is 0 Å². The summed E-state index contributed by atoms with van der Waals surface area (Å²) in [5.74, 6) is 0.0997. The van der Waals surface area contributed by atoms with E-state index >= 15 is 0 Å². The molecule has 0 aliphatic rings. The number of amides is 1. The molecule has 0 spiro atoms. The van der Waals surface area contributed by atoms with E-state index in [0.717, 1.165) is 5.56 Å². The molecule has 0 aliphatic heterocycles. The molecule has 2 N–H and O–H groups in total. The van der Waals surface area contributed by atoms with Crippen molar-refractivity contribution in [3.63, 3.8) is 0 Å². The fourth-order valence-electron chi connectivity index (χ4n) is 2.49. The van der Waals surface area contributed by atoms with Crippen LogP contribution in [-0.2, 0) is 16.1 Å². The first-order valence-corrected chi connectivity index (χ1v) is 7.83. The minimum atomic E-state index is -4.38. The Balaban J connectivity index is 2.78. The van der Waals surface area contributed by atoms with Crippen LogP contribution >= 0.6 is 0 Å². The summed E-state index contributed by atoms with van der Waals surface area (Å²) >= 11 is 0. The lowest BCUT2D eigenvalue weighted by molar-refractivity contribution is -0.153. The van der Waals surface area contributed by atoms with Gasteiger partial charge >= 0.3 is 6.18 Å². The molecule has 1 aromatic rings. The van der Waals surface area contributed by atoms with E-state index < -0.39 is 12.8 Å². The Labute approximate surface area is 145 Å². The maximum Gasteiger partial charge on any atom is 0.422 e. The summed E-state index contributed by atoms with van der Waals surface area (Å²) in [4.78, 5) is 13.7. The zero-order chi connectivity index (χ0) is 19.2. The third kappa shape index (κ3) is 6.91. The smallest absolute Gasteiger partial charge is 0.422 e. The minimum absolute atomic E-state index is 0.120. The number of alkyl halides is 3. The second kappa shape index (κ2) is 9.05. The number of methoxy groups -OCH3 is 1. The Morgan fingerprint density at radius 2 is 1.84 bits per heavy atom. The van der Waals surface area contributed by atoms with E-state index in [1.165, 1.54) is 12.0 Å². The summed E-state index contributed by atoms with van der Waals surface area (Å²) in [7, 11) is 3.15. The van der Waals surface area contributed by atoms with Crippen molar-refractivity contribution < 1.29 is 27.4 Å². The van der Waals surface area contributed by atoms with Gasteiger partial charge in [0.1, 0.15) is 5.75 Å². The molecular weight excluding hydrogens is 337 g/mol. The Kier molecular flexibility index (Phi) is 7.69. The van der Waals surface area contributed by atoms with Gasteiger partial charge in [-0.15, -0.1) is 0 Å². The normalized spacial score (nSPS) is 12.8. The molecule has 0 heterocycles. The van der Waals surface area contributed by atoms with Crippen molar-refractivity contribution >= 4 is 5.91 Å². The van der Waals surface area contributed by atoms with E-state index in [9.17, 15) is 18.0 Å². The van der Waals surface area contributed by atoms with Crippen LogP contribution in [0.5, 0.6) is 5.75 Å². The molecule has 1 amide bonds. The number of ether oxygens (including phenoxy) is 2. The Hall–Kier alpha value is -1.80. The van der Waals surface area contributed by atoms with Gasteiger partial charge in [-0.3, -0.25) is 4.79 Å². The molecule has 0 bridgehead atoms. The number of aryl methyl sites for hydroxylation is 2. The number of nitrogens with zero attached hydrogens (tertiary/aromatic N) is 1. The van der Waals surface area contributed by atoms with E-state index in [0.29, 0.717) is 17.7 Å². The maximum absolute atomic E-state index is 12.3. The van der Waals surface area contributed by atoms with Gasteiger partial charge in [-0.1, -0.05) is 12.1 Å². The van der Waals surface area contributed by atoms with Gasteiger partial charge < -0.3 is 20.1 Å². The van der Waals surface area contributed by atoms with Gasteiger partial charge in [0.15, 0.2) is 6.61 Å². The van der Waals surface area contributed by atoms with Crippen molar-refractivity contribution in [1.29, 1.82) is 0 Å². The fraction of sp³-hybridized carbons (Fsp3) is 0.588. The molecule has 8 heteroatoms. The quantitative estimate of drug-likeness (QED) is 0.772. The summed E-state index contributed by atoms with van der Waals surface area (Å²) < 4.78 is 46.9. The van der Waals surface area contributed by atoms with Crippen LogP contribution in [0.1, 0.15) is 23.1 Å². The number of hydrogen-bond donors (Lipinski definition) is 1. The largest absolute Gasteiger partial charge is 0.484 e. The number of carbonyl (C=O) groups is 1. The van der Waals surface area contributed by atoms with Crippen molar-refractivity contribution in [2.24, 2.45) is 5.73 Å². The van der Waals surface area contributed by atoms with Gasteiger partial charge in [-0.25, -0.2) is 0 Å². The second-order valence-corrected chi connectivity index (χ2v) is 6.01. The monoisotopic (exact) mass is 362 g/mol. The van der Waals surface area contributed by atoms with E-state index in [1.54, 1.807) is 33.0 Å². The molecule has 0 aromatic heterocycles. The number of rotatable bonds is 8. The highest BCUT2D eigenvalue weighted by Gasteiger charge is 2.29. The number of nitrogens with two attached hydrogens (primary N) is 1. The predicted octanol–water partition coefficient (Wildman–Crippen LogP) is 2.57. The highest BCUT2D eigenvalue weighted by Crippen LogP contribution is 2.27. The Morgan fingerprint density at radius 3 is 2.28 bits per heavy atom. The fourth-order valence-corrected chi connectivity index (χ4v) is 2.49. The Morgan fingerprint density at radius 1 is 1.28 bits per heavy atom. The molecular formula is C17H25F3N2O3. The van der Waals surface area contributed by atoms with Crippen LogP contribution in [0.4, 0.5) is 13.2 Å². The minimum Gasteiger partial charge on any atom is -0.484 e. The van der Waals surface area contributed by atoms with Gasteiger partial charge in [0, 0.05) is 27.2 Å². The number of halogens is 3. The van der Waals surface area contributed by atoms with E-state index in [2.05, 4.69) is 0 Å². The van der Waals surface area contributed by atoms with Crippen LogP contribution in [0.2, 0.25) is 0 Å². The van der Waals surface area contributed by atoms with Crippen molar-refractivity contribution in [2.45, 2.75) is 39.1 Å². The van der Waals surface area contributed by atoms with Crippen LogP contribution in [0, 0.1) is 13.8 Å². The topological polar surface area (TPSA) is 64.8 Å². The summed E-state index contributed by atoms with van der Waals surface area (Å²) in [6, 6.07) is 3.44. The SMILES string of the molecule is COC(CN)CC(=O)N(C)Cc1cc(C)c(OCC(F)(F)F)c(C)c1. The molecule has 0 fully saturated rings. The first-order chi connectivity index (χ1) is 11.6.